The summed E-state index contributed by atoms with van der Waals surface area (Å²) in [5.41, 5.74) is 0. The van der Waals surface area contributed by atoms with Gasteiger partial charge in [-0.15, -0.1) is 0 Å². The maximum Gasteiger partial charge on any atom is 0.279 e. The molecule has 0 bridgehead atoms. The lowest BCUT2D eigenvalue weighted by atomic mass is 10.6. The lowest BCUT2D eigenvalue weighted by Crippen LogP contribution is -2.44. The topological polar surface area (TPSA) is 78.9 Å². The van der Waals surface area contributed by atoms with E-state index in [1.54, 1.807) is 0 Å². The monoisotopic (exact) mass is 238 g/mol. The Labute approximate surface area is 90.4 Å². The van der Waals surface area contributed by atoms with Crippen molar-refractivity contribution in [3.63, 3.8) is 0 Å². The molecule has 0 saturated heterocycles. The van der Waals surface area contributed by atoms with Crippen molar-refractivity contribution >= 4 is 10.2 Å². The lowest BCUT2D eigenvalue weighted by molar-refractivity contribution is 0.203. The fraction of sp³-hybridized carbons (Fsp3) is 1.00. The molecule has 0 aromatic rings. The summed E-state index contributed by atoms with van der Waals surface area (Å²) in [6.07, 6.45) is 1.76. The molecule has 0 spiro atoms. The highest BCUT2D eigenvalue weighted by atomic mass is 32.2. The average Bonchev–Trinajstić information content (AvgIpc) is 2.97. The first-order chi connectivity index (χ1) is 7.11. The Hall–Kier alpha value is -0.210. The summed E-state index contributed by atoms with van der Waals surface area (Å²) >= 11 is 0. The smallest absolute Gasteiger partial charge is 0.279 e. The van der Waals surface area contributed by atoms with E-state index in [0.29, 0.717) is 6.61 Å². The lowest BCUT2D eigenvalue weighted by Gasteiger charge is -2.20. The minimum atomic E-state index is -3.45. The van der Waals surface area contributed by atoms with E-state index in [4.69, 9.17) is 9.84 Å². The van der Waals surface area contributed by atoms with E-state index >= 15 is 0 Å². The first-order valence-corrected chi connectivity index (χ1v) is 6.42. The van der Waals surface area contributed by atoms with Gasteiger partial charge in [-0.25, -0.2) is 0 Å². The maximum absolute atomic E-state index is 11.7. The highest BCUT2D eigenvalue weighted by Gasteiger charge is 2.36. The van der Waals surface area contributed by atoms with Gasteiger partial charge >= 0.3 is 0 Å². The molecule has 0 amide bonds. The van der Waals surface area contributed by atoms with Crippen LogP contribution in [-0.2, 0) is 14.9 Å². The standard InChI is InChI=1S/C8H18N2O4S/c1-14-7-4-9-15(12,13)10(5-6-11)8-2-3-8/h8-9,11H,2-7H2,1H3. The molecule has 1 fully saturated rings. The van der Waals surface area contributed by atoms with Gasteiger partial charge < -0.3 is 9.84 Å². The summed E-state index contributed by atoms with van der Waals surface area (Å²) in [4.78, 5) is 0. The molecule has 1 aliphatic rings. The van der Waals surface area contributed by atoms with Crippen LogP contribution in [0.5, 0.6) is 0 Å². The molecule has 1 aliphatic carbocycles. The highest BCUT2D eigenvalue weighted by Crippen LogP contribution is 2.28. The zero-order chi connectivity index (χ0) is 11.3. The molecule has 6 nitrogen and oxygen atoms in total. The van der Waals surface area contributed by atoms with Crippen LogP contribution in [0.2, 0.25) is 0 Å². The van der Waals surface area contributed by atoms with Gasteiger partial charge in [0.15, 0.2) is 0 Å². The van der Waals surface area contributed by atoms with Crippen molar-refractivity contribution in [3.05, 3.63) is 0 Å². The number of aliphatic hydroxyl groups is 1. The van der Waals surface area contributed by atoms with Crippen molar-refractivity contribution in [3.8, 4) is 0 Å². The first kappa shape index (κ1) is 12.9. The molecule has 0 unspecified atom stereocenters. The zero-order valence-corrected chi connectivity index (χ0v) is 9.66. The van der Waals surface area contributed by atoms with Crippen LogP contribution >= 0.6 is 0 Å². The second kappa shape index (κ2) is 5.76. The van der Waals surface area contributed by atoms with E-state index in [9.17, 15) is 8.42 Å². The molecule has 0 aromatic heterocycles. The fourth-order valence-corrected chi connectivity index (χ4v) is 2.75. The van der Waals surface area contributed by atoms with Crippen molar-refractivity contribution in [2.45, 2.75) is 18.9 Å². The maximum atomic E-state index is 11.7. The van der Waals surface area contributed by atoms with E-state index < -0.39 is 10.2 Å². The number of nitrogens with zero attached hydrogens (tertiary/aromatic N) is 1. The van der Waals surface area contributed by atoms with Crippen LogP contribution in [0.3, 0.4) is 0 Å². The van der Waals surface area contributed by atoms with E-state index in [2.05, 4.69) is 4.72 Å². The van der Waals surface area contributed by atoms with Gasteiger partial charge in [0.2, 0.25) is 0 Å². The number of methoxy groups -OCH3 is 1. The Bertz CT molecular complexity index is 276. The van der Waals surface area contributed by atoms with Crippen molar-refractivity contribution in [1.82, 2.24) is 9.03 Å². The third-order valence-electron chi connectivity index (χ3n) is 2.17. The Balaban J connectivity index is 2.48. The number of nitrogens with one attached hydrogen (secondary N) is 1. The number of aliphatic hydroxyl groups excluding tert-OH is 1. The highest BCUT2D eigenvalue weighted by molar-refractivity contribution is 7.87. The number of rotatable bonds is 8. The van der Waals surface area contributed by atoms with Crippen molar-refractivity contribution in [2.24, 2.45) is 0 Å². The Morgan fingerprint density at radius 3 is 2.67 bits per heavy atom. The van der Waals surface area contributed by atoms with Gasteiger partial charge in [-0.1, -0.05) is 0 Å². The SMILES string of the molecule is COCCNS(=O)(=O)N(CCO)C1CC1. The number of hydrogen-bond donors (Lipinski definition) is 2. The fourth-order valence-electron chi connectivity index (χ4n) is 1.32. The molecule has 1 rings (SSSR count). The molecular weight excluding hydrogens is 220 g/mol. The molecule has 2 N–H and O–H groups in total. The molecule has 0 aliphatic heterocycles. The van der Waals surface area contributed by atoms with E-state index in [1.165, 1.54) is 11.4 Å². The van der Waals surface area contributed by atoms with Crippen LogP contribution in [0.1, 0.15) is 12.8 Å². The van der Waals surface area contributed by atoms with Gasteiger partial charge in [-0.3, -0.25) is 0 Å². The normalized spacial score (nSPS) is 17.3. The third kappa shape index (κ3) is 4.04. The quantitative estimate of drug-likeness (QED) is 0.527. The molecule has 0 aromatic carbocycles. The first-order valence-electron chi connectivity index (χ1n) is 4.98. The molecule has 7 heteroatoms. The molecule has 90 valence electrons. The van der Waals surface area contributed by atoms with E-state index in [0.717, 1.165) is 12.8 Å². The number of hydrogen-bond acceptors (Lipinski definition) is 4. The van der Waals surface area contributed by atoms with Crippen LogP contribution < -0.4 is 4.72 Å². The Kier molecular flexibility index (Phi) is 4.94. The minimum absolute atomic E-state index is 0.0668. The summed E-state index contributed by atoms with van der Waals surface area (Å²) in [6.45, 7) is 0.610. The van der Waals surface area contributed by atoms with Crippen molar-refractivity contribution < 1.29 is 18.3 Å². The molecule has 0 heterocycles. The number of ether oxygens (including phenoxy) is 1. The Morgan fingerprint density at radius 2 is 2.20 bits per heavy atom. The van der Waals surface area contributed by atoms with Gasteiger partial charge in [0.25, 0.3) is 10.2 Å². The molecule has 0 atom stereocenters. The zero-order valence-electron chi connectivity index (χ0n) is 8.85. The van der Waals surface area contributed by atoms with Gasteiger partial charge in [0, 0.05) is 26.2 Å². The molecular formula is C8H18N2O4S. The average molecular weight is 238 g/mol. The van der Waals surface area contributed by atoms with Crippen LogP contribution in [0.25, 0.3) is 0 Å². The van der Waals surface area contributed by atoms with Crippen LogP contribution in [0.4, 0.5) is 0 Å². The van der Waals surface area contributed by atoms with Crippen LogP contribution in [0.15, 0.2) is 0 Å². The van der Waals surface area contributed by atoms with Crippen molar-refractivity contribution in [1.29, 1.82) is 0 Å². The van der Waals surface area contributed by atoms with E-state index in [-0.39, 0.29) is 25.7 Å². The van der Waals surface area contributed by atoms with Gasteiger partial charge in [-0.2, -0.15) is 17.4 Å². The summed E-state index contributed by atoms with van der Waals surface area (Å²) < 4.78 is 32.0. The summed E-state index contributed by atoms with van der Waals surface area (Å²) in [7, 11) is -1.94. The molecule has 0 radical (unpaired) electrons. The molecule has 1 saturated carbocycles. The predicted molar refractivity (Wildman–Crippen MR) is 55.6 cm³/mol. The summed E-state index contributed by atoms with van der Waals surface area (Å²) in [5, 5.41) is 8.79. The van der Waals surface area contributed by atoms with Gasteiger partial charge in [0.05, 0.1) is 13.2 Å². The largest absolute Gasteiger partial charge is 0.395 e. The van der Waals surface area contributed by atoms with Crippen LogP contribution in [0, 0.1) is 0 Å². The Morgan fingerprint density at radius 1 is 1.53 bits per heavy atom. The van der Waals surface area contributed by atoms with Crippen LogP contribution in [-0.4, -0.2) is 57.3 Å². The second-order valence-corrected chi connectivity index (χ2v) is 5.17. The van der Waals surface area contributed by atoms with Gasteiger partial charge in [0.1, 0.15) is 0 Å². The second-order valence-electron chi connectivity index (χ2n) is 3.46. The summed E-state index contributed by atoms with van der Waals surface area (Å²) in [6, 6.07) is 0.0668. The summed E-state index contributed by atoms with van der Waals surface area (Å²) in [5.74, 6) is 0. The minimum Gasteiger partial charge on any atom is -0.395 e. The third-order valence-corrected chi connectivity index (χ3v) is 3.84. The predicted octanol–water partition coefficient (Wildman–Crippen LogP) is -1.08. The van der Waals surface area contributed by atoms with E-state index in [1.807, 2.05) is 0 Å². The van der Waals surface area contributed by atoms with Crippen molar-refractivity contribution in [2.75, 3.05) is 33.4 Å². The van der Waals surface area contributed by atoms with Gasteiger partial charge in [-0.05, 0) is 12.8 Å². The molecule has 15 heavy (non-hydrogen) atoms.